The normalized spacial score (nSPS) is 17.4. The Morgan fingerprint density at radius 3 is 2.50 bits per heavy atom. The van der Waals surface area contributed by atoms with E-state index in [9.17, 15) is 4.79 Å². The highest BCUT2D eigenvalue weighted by atomic mass is 32.2. The van der Waals surface area contributed by atoms with Crippen LogP contribution < -0.4 is 5.32 Å². The van der Waals surface area contributed by atoms with Crippen molar-refractivity contribution in [2.75, 3.05) is 25.9 Å². The van der Waals surface area contributed by atoms with Gasteiger partial charge in [-0.25, -0.2) is 4.79 Å². The summed E-state index contributed by atoms with van der Waals surface area (Å²) in [6.07, 6.45) is 4.38. The minimum atomic E-state index is 0.102. The lowest BCUT2D eigenvalue weighted by Crippen LogP contribution is -2.41. The number of nitrogens with one attached hydrogen (secondary N) is 1. The average molecular weight is 216 g/mol. The first-order valence-electron chi connectivity index (χ1n) is 5.25. The second-order valence-electron chi connectivity index (χ2n) is 3.75. The standard InChI is InChI=1S/C10H20N2OS/c1-4-10(5-2,14-3)8-12-7-6-11-9(12)13/h4-8H2,1-3H3,(H,11,13). The van der Waals surface area contributed by atoms with Crippen LogP contribution in [0.3, 0.4) is 0 Å². The van der Waals surface area contributed by atoms with E-state index in [4.69, 9.17) is 0 Å². The first-order valence-corrected chi connectivity index (χ1v) is 6.48. The summed E-state index contributed by atoms with van der Waals surface area (Å²) in [4.78, 5) is 13.3. The Bertz CT molecular complexity index is 196. The minimum absolute atomic E-state index is 0.102. The number of rotatable bonds is 5. The van der Waals surface area contributed by atoms with E-state index in [1.807, 2.05) is 16.7 Å². The molecule has 3 nitrogen and oxygen atoms in total. The number of nitrogens with zero attached hydrogens (tertiary/aromatic N) is 1. The van der Waals surface area contributed by atoms with Crippen molar-refractivity contribution in [1.82, 2.24) is 10.2 Å². The van der Waals surface area contributed by atoms with Gasteiger partial charge in [0.25, 0.3) is 0 Å². The number of carbonyl (C=O) groups is 1. The zero-order valence-electron chi connectivity index (χ0n) is 9.30. The van der Waals surface area contributed by atoms with Crippen LogP contribution in [0.5, 0.6) is 0 Å². The first-order chi connectivity index (χ1) is 6.67. The molecule has 0 aromatic rings. The smallest absolute Gasteiger partial charge is 0.317 e. The van der Waals surface area contributed by atoms with Gasteiger partial charge in [0, 0.05) is 24.4 Å². The molecule has 1 aliphatic rings. The van der Waals surface area contributed by atoms with Gasteiger partial charge in [0.1, 0.15) is 0 Å². The fourth-order valence-corrected chi connectivity index (χ4v) is 2.70. The quantitative estimate of drug-likeness (QED) is 0.761. The molecule has 0 unspecified atom stereocenters. The van der Waals surface area contributed by atoms with Gasteiger partial charge in [0.05, 0.1) is 0 Å². The van der Waals surface area contributed by atoms with E-state index >= 15 is 0 Å². The predicted molar refractivity (Wildman–Crippen MR) is 61.8 cm³/mol. The van der Waals surface area contributed by atoms with Gasteiger partial charge in [0.2, 0.25) is 0 Å². The van der Waals surface area contributed by atoms with Crippen LogP contribution in [0, 0.1) is 0 Å². The lowest BCUT2D eigenvalue weighted by molar-refractivity contribution is 0.211. The Balaban J connectivity index is 2.58. The molecule has 0 aromatic heterocycles. The lowest BCUT2D eigenvalue weighted by Gasteiger charge is -2.33. The molecule has 82 valence electrons. The molecular weight excluding hydrogens is 196 g/mol. The maximum atomic E-state index is 11.4. The molecule has 0 spiro atoms. The van der Waals surface area contributed by atoms with Crippen molar-refractivity contribution in [3.05, 3.63) is 0 Å². The Morgan fingerprint density at radius 2 is 2.14 bits per heavy atom. The zero-order valence-corrected chi connectivity index (χ0v) is 10.1. The Labute approximate surface area is 90.6 Å². The molecule has 1 heterocycles. The topological polar surface area (TPSA) is 32.3 Å². The summed E-state index contributed by atoms with van der Waals surface area (Å²) >= 11 is 1.88. The molecule has 1 N–H and O–H groups in total. The summed E-state index contributed by atoms with van der Waals surface area (Å²) in [5.74, 6) is 0. The molecule has 1 aliphatic heterocycles. The molecule has 0 aromatic carbocycles. The van der Waals surface area contributed by atoms with Crippen LogP contribution in [0.25, 0.3) is 0 Å². The molecule has 0 bridgehead atoms. The van der Waals surface area contributed by atoms with Gasteiger partial charge in [-0.2, -0.15) is 11.8 Å². The van der Waals surface area contributed by atoms with Gasteiger partial charge in [-0.15, -0.1) is 0 Å². The van der Waals surface area contributed by atoms with E-state index in [1.54, 1.807) is 0 Å². The summed E-state index contributed by atoms with van der Waals surface area (Å²) in [5.41, 5.74) is 0. The number of carbonyl (C=O) groups excluding carboxylic acids is 1. The number of amides is 2. The molecule has 0 aliphatic carbocycles. The van der Waals surface area contributed by atoms with E-state index in [0.717, 1.165) is 32.5 Å². The second kappa shape index (κ2) is 4.91. The van der Waals surface area contributed by atoms with Crippen LogP contribution in [-0.4, -0.2) is 41.6 Å². The molecule has 0 saturated carbocycles. The fraction of sp³-hybridized carbons (Fsp3) is 0.900. The Morgan fingerprint density at radius 1 is 1.50 bits per heavy atom. The molecule has 0 atom stereocenters. The monoisotopic (exact) mass is 216 g/mol. The lowest BCUT2D eigenvalue weighted by atomic mass is 10.0. The third kappa shape index (κ3) is 2.35. The van der Waals surface area contributed by atoms with E-state index < -0.39 is 0 Å². The number of hydrogen-bond acceptors (Lipinski definition) is 2. The van der Waals surface area contributed by atoms with E-state index in [-0.39, 0.29) is 10.8 Å². The summed E-state index contributed by atoms with van der Waals surface area (Å²) in [6, 6.07) is 0.102. The second-order valence-corrected chi connectivity index (χ2v) is 5.02. The Kier molecular flexibility index (Phi) is 4.11. The van der Waals surface area contributed by atoms with Crippen molar-refractivity contribution in [3.8, 4) is 0 Å². The molecule has 0 radical (unpaired) electrons. The summed E-state index contributed by atoms with van der Waals surface area (Å²) in [6.45, 7) is 6.95. The maximum Gasteiger partial charge on any atom is 0.317 e. The predicted octanol–water partition coefficient (Wildman–Crippen LogP) is 1.93. The molecule has 14 heavy (non-hydrogen) atoms. The third-order valence-electron chi connectivity index (χ3n) is 3.15. The van der Waals surface area contributed by atoms with Gasteiger partial charge < -0.3 is 10.2 Å². The Hall–Kier alpha value is -0.380. The van der Waals surface area contributed by atoms with Crippen LogP contribution in [0.1, 0.15) is 26.7 Å². The number of hydrogen-bond donors (Lipinski definition) is 1. The van der Waals surface area contributed by atoms with Crippen molar-refractivity contribution in [2.45, 2.75) is 31.4 Å². The largest absolute Gasteiger partial charge is 0.336 e. The molecule has 1 saturated heterocycles. The van der Waals surface area contributed by atoms with E-state index in [0.29, 0.717) is 0 Å². The van der Waals surface area contributed by atoms with E-state index in [1.165, 1.54) is 0 Å². The van der Waals surface area contributed by atoms with Crippen LogP contribution in [-0.2, 0) is 0 Å². The van der Waals surface area contributed by atoms with Crippen molar-refractivity contribution >= 4 is 17.8 Å². The van der Waals surface area contributed by atoms with E-state index in [2.05, 4.69) is 25.4 Å². The van der Waals surface area contributed by atoms with Crippen molar-refractivity contribution in [1.29, 1.82) is 0 Å². The maximum absolute atomic E-state index is 11.4. The highest BCUT2D eigenvalue weighted by molar-refractivity contribution is 8.00. The molecule has 2 amide bonds. The molecule has 1 rings (SSSR count). The minimum Gasteiger partial charge on any atom is -0.336 e. The zero-order chi connectivity index (χ0) is 10.6. The third-order valence-corrected chi connectivity index (χ3v) is 4.72. The van der Waals surface area contributed by atoms with Crippen molar-refractivity contribution < 1.29 is 4.79 Å². The van der Waals surface area contributed by atoms with Gasteiger partial charge in [0.15, 0.2) is 0 Å². The van der Waals surface area contributed by atoms with Crippen LogP contribution >= 0.6 is 11.8 Å². The average Bonchev–Trinajstić information content (AvgIpc) is 2.61. The number of thioether (sulfide) groups is 1. The first kappa shape index (κ1) is 11.7. The highest BCUT2D eigenvalue weighted by Gasteiger charge is 2.31. The van der Waals surface area contributed by atoms with Crippen molar-refractivity contribution in [2.24, 2.45) is 0 Å². The number of urea groups is 1. The molecular formula is C10H20N2OS. The summed E-state index contributed by atoms with van der Waals surface area (Å²) in [5, 5.41) is 2.84. The molecule has 1 fully saturated rings. The summed E-state index contributed by atoms with van der Waals surface area (Å²) in [7, 11) is 0. The molecule has 4 heteroatoms. The van der Waals surface area contributed by atoms with Gasteiger partial charge in [-0.1, -0.05) is 13.8 Å². The van der Waals surface area contributed by atoms with Gasteiger partial charge >= 0.3 is 6.03 Å². The summed E-state index contributed by atoms with van der Waals surface area (Å²) < 4.78 is 0.252. The van der Waals surface area contributed by atoms with Crippen molar-refractivity contribution in [3.63, 3.8) is 0 Å². The van der Waals surface area contributed by atoms with Crippen LogP contribution in [0.4, 0.5) is 4.79 Å². The highest BCUT2D eigenvalue weighted by Crippen LogP contribution is 2.31. The van der Waals surface area contributed by atoms with Gasteiger partial charge in [-0.3, -0.25) is 0 Å². The SMILES string of the molecule is CCC(CC)(CN1CCNC1=O)SC. The van der Waals surface area contributed by atoms with Crippen LogP contribution in [0.15, 0.2) is 0 Å². The fourth-order valence-electron chi connectivity index (χ4n) is 1.84. The van der Waals surface area contributed by atoms with Gasteiger partial charge in [-0.05, 0) is 19.1 Å². The van der Waals surface area contributed by atoms with Crippen LogP contribution in [0.2, 0.25) is 0 Å².